The zero-order chi connectivity index (χ0) is 13.1. The standard InChI is InChI=1S/C11H23N3O3/c1-11(13,10(12)15)4-5-14-6-8(16-2)9(7-14)17-3/h8-9H,4-7,13H2,1-3H3,(H2,12,15). The predicted octanol–water partition coefficient (Wildman–Crippen LogP) is -1.08. The maximum Gasteiger partial charge on any atom is 0.237 e. The quantitative estimate of drug-likeness (QED) is 0.621. The average Bonchev–Trinajstić information content (AvgIpc) is 2.68. The van der Waals surface area contributed by atoms with Crippen LogP contribution in [-0.2, 0) is 14.3 Å². The summed E-state index contributed by atoms with van der Waals surface area (Å²) in [6.45, 7) is 3.97. The smallest absolute Gasteiger partial charge is 0.237 e. The normalized spacial score (nSPS) is 29.2. The van der Waals surface area contributed by atoms with Gasteiger partial charge in [-0.2, -0.15) is 0 Å². The zero-order valence-corrected chi connectivity index (χ0v) is 10.8. The molecule has 0 radical (unpaired) electrons. The van der Waals surface area contributed by atoms with E-state index in [-0.39, 0.29) is 12.2 Å². The van der Waals surface area contributed by atoms with Crippen LogP contribution in [0, 0.1) is 0 Å². The Morgan fingerprint density at radius 3 is 2.18 bits per heavy atom. The number of carbonyl (C=O) groups excluding carboxylic acids is 1. The summed E-state index contributed by atoms with van der Waals surface area (Å²) in [6.07, 6.45) is 0.699. The molecule has 0 aromatic heterocycles. The molecule has 0 saturated carbocycles. The molecule has 0 aliphatic carbocycles. The number of carbonyl (C=O) groups is 1. The first-order valence-corrected chi connectivity index (χ1v) is 5.77. The highest BCUT2D eigenvalue weighted by Crippen LogP contribution is 2.17. The number of likely N-dealkylation sites (tertiary alicyclic amines) is 1. The van der Waals surface area contributed by atoms with Gasteiger partial charge in [0.05, 0.1) is 17.7 Å². The second kappa shape index (κ2) is 5.77. The molecule has 1 fully saturated rings. The van der Waals surface area contributed by atoms with Crippen molar-refractivity contribution in [2.75, 3.05) is 33.9 Å². The minimum atomic E-state index is -0.951. The van der Waals surface area contributed by atoms with Gasteiger partial charge >= 0.3 is 0 Å². The van der Waals surface area contributed by atoms with E-state index in [1.165, 1.54) is 0 Å². The molecule has 0 aromatic rings. The molecule has 0 aromatic carbocycles. The highest BCUT2D eigenvalue weighted by molar-refractivity contribution is 5.83. The van der Waals surface area contributed by atoms with E-state index in [0.717, 1.165) is 19.6 Å². The van der Waals surface area contributed by atoms with Crippen molar-refractivity contribution in [1.82, 2.24) is 4.90 Å². The summed E-state index contributed by atoms with van der Waals surface area (Å²) in [5, 5.41) is 0. The lowest BCUT2D eigenvalue weighted by molar-refractivity contribution is -0.122. The summed E-state index contributed by atoms with van der Waals surface area (Å²) in [5.74, 6) is -0.469. The summed E-state index contributed by atoms with van der Waals surface area (Å²) < 4.78 is 10.7. The number of primary amides is 1. The zero-order valence-electron chi connectivity index (χ0n) is 10.8. The maximum atomic E-state index is 11.1. The Hall–Kier alpha value is -0.690. The lowest BCUT2D eigenvalue weighted by atomic mass is 9.98. The molecule has 1 amide bonds. The second-order valence-electron chi connectivity index (χ2n) is 4.84. The third-order valence-electron chi connectivity index (χ3n) is 3.41. The lowest BCUT2D eigenvalue weighted by Gasteiger charge is -2.24. The van der Waals surface area contributed by atoms with Crippen LogP contribution < -0.4 is 11.5 Å². The van der Waals surface area contributed by atoms with Crippen molar-refractivity contribution in [2.45, 2.75) is 31.1 Å². The van der Waals surface area contributed by atoms with Crippen LogP contribution in [-0.4, -0.2) is 62.4 Å². The van der Waals surface area contributed by atoms with Gasteiger partial charge in [0, 0.05) is 33.9 Å². The van der Waals surface area contributed by atoms with Crippen LogP contribution in [0.25, 0.3) is 0 Å². The van der Waals surface area contributed by atoms with Crippen molar-refractivity contribution in [1.29, 1.82) is 0 Å². The molecule has 1 heterocycles. The SMILES string of the molecule is COC1CN(CCC(C)(N)C(N)=O)CC1OC. The Balaban J connectivity index is 2.42. The van der Waals surface area contributed by atoms with Gasteiger partial charge in [0.2, 0.25) is 5.91 Å². The van der Waals surface area contributed by atoms with Crippen molar-refractivity contribution >= 4 is 5.91 Å². The molecule has 100 valence electrons. The van der Waals surface area contributed by atoms with Gasteiger partial charge in [-0.3, -0.25) is 9.69 Å². The van der Waals surface area contributed by atoms with E-state index in [1.807, 2.05) is 0 Å². The molecular formula is C11H23N3O3. The van der Waals surface area contributed by atoms with Crippen molar-refractivity contribution < 1.29 is 14.3 Å². The molecule has 6 heteroatoms. The fourth-order valence-electron chi connectivity index (χ4n) is 1.97. The highest BCUT2D eigenvalue weighted by Gasteiger charge is 2.34. The van der Waals surface area contributed by atoms with Gasteiger partial charge in [-0.1, -0.05) is 0 Å². The number of nitrogens with zero attached hydrogens (tertiary/aromatic N) is 1. The lowest BCUT2D eigenvalue weighted by Crippen LogP contribution is -2.51. The van der Waals surface area contributed by atoms with Gasteiger partial charge in [0.15, 0.2) is 0 Å². The maximum absolute atomic E-state index is 11.1. The minimum absolute atomic E-state index is 0.0811. The number of methoxy groups -OCH3 is 2. The average molecular weight is 245 g/mol. The monoisotopic (exact) mass is 245 g/mol. The number of ether oxygens (including phenoxy) is 2. The number of rotatable bonds is 6. The molecule has 3 atom stereocenters. The van der Waals surface area contributed by atoms with Gasteiger partial charge in [-0.25, -0.2) is 0 Å². The Labute approximate surface area is 102 Å². The topological polar surface area (TPSA) is 90.8 Å². The first kappa shape index (κ1) is 14.4. The van der Waals surface area contributed by atoms with Crippen LogP contribution in [0.15, 0.2) is 0 Å². The van der Waals surface area contributed by atoms with Gasteiger partial charge < -0.3 is 20.9 Å². The van der Waals surface area contributed by atoms with E-state index in [9.17, 15) is 4.79 Å². The number of amides is 1. The molecule has 1 saturated heterocycles. The third-order valence-corrected chi connectivity index (χ3v) is 3.41. The van der Waals surface area contributed by atoms with E-state index < -0.39 is 11.4 Å². The summed E-state index contributed by atoms with van der Waals surface area (Å²) in [6, 6.07) is 0. The summed E-state index contributed by atoms with van der Waals surface area (Å²) in [5.41, 5.74) is 10.1. The second-order valence-corrected chi connectivity index (χ2v) is 4.84. The van der Waals surface area contributed by atoms with Crippen LogP contribution in [0.5, 0.6) is 0 Å². The first-order valence-electron chi connectivity index (χ1n) is 5.77. The summed E-state index contributed by atoms with van der Waals surface area (Å²) in [7, 11) is 3.35. The van der Waals surface area contributed by atoms with E-state index in [4.69, 9.17) is 20.9 Å². The van der Waals surface area contributed by atoms with Crippen molar-refractivity contribution in [3.05, 3.63) is 0 Å². The molecule has 1 aliphatic rings. The molecule has 0 spiro atoms. The Morgan fingerprint density at radius 2 is 1.82 bits per heavy atom. The van der Waals surface area contributed by atoms with E-state index in [2.05, 4.69) is 4.90 Å². The van der Waals surface area contributed by atoms with Crippen molar-refractivity contribution in [2.24, 2.45) is 11.5 Å². The van der Waals surface area contributed by atoms with Gasteiger partial charge in [-0.15, -0.1) is 0 Å². The Bertz CT molecular complexity index is 259. The molecule has 17 heavy (non-hydrogen) atoms. The predicted molar refractivity (Wildman–Crippen MR) is 64.4 cm³/mol. The van der Waals surface area contributed by atoms with Crippen LogP contribution in [0.2, 0.25) is 0 Å². The largest absolute Gasteiger partial charge is 0.377 e. The molecule has 1 rings (SSSR count). The van der Waals surface area contributed by atoms with Crippen molar-refractivity contribution in [3.8, 4) is 0 Å². The number of hydrogen-bond acceptors (Lipinski definition) is 5. The molecule has 4 N–H and O–H groups in total. The molecule has 0 bridgehead atoms. The van der Waals surface area contributed by atoms with Gasteiger partial charge in [0.1, 0.15) is 0 Å². The molecule has 6 nitrogen and oxygen atoms in total. The van der Waals surface area contributed by atoms with Crippen LogP contribution in [0.1, 0.15) is 13.3 Å². The summed E-state index contributed by atoms with van der Waals surface area (Å²) in [4.78, 5) is 13.3. The van der Waals surface area contributed by atoms with Crippen LogP contribution in [0.3, 0.4) is 0 Å². The fraction of sp³-hybridized carbons (Fsp3) is 0.909. The van der Waals surface area contributed by atoms with Gasteiger partial charge in [0.25, 0.3) is 0 Å². The van der Waals surface area contributed by atoms with E-state index in [1.54, 1.807) is 21.1 Å². The fourth-order valence-corrected chi connectivity index (χ4v) is 1.97. The summed E-state index contributed by atoms with van der Waals surface area (Å²) >= 11 is 0. The van der Waals surface area contributed by atoms with Crippen molar-refractivity contribution in [3.63, 3.8) is 0 Å². The molecule has 1 aliphatic heterocycles. The van der Waals surface area contributed by atoms with E-state index >= 15 is 0 Å². The van der Waals surface area contributed by atoms with Crippen LogP contribution in [0.4, 0.5) is 0 Å². The number of hydrogen-bond donors (Lipinski definition) is 2. The first-order chi connectivity index (χ1) is 7.90. The van der Waals surface area contributed by atoms with Gasteiger partial charge in [-0.05, 0) is 13.3 Å². The minimum Gasteiger partial charge on any atom is -0.377 e. The molecular weight excluding hydrogens is 222 g/mol. The third kappa shape index (κ3) is 3.64. The molecule has 3 unspecified atom stereocenters. The van der Waals surface area contributed by atoms with Crippen LogP contribution >= 0.6 is 0 Å². The Morgan fingerprint density at radius 1 is 1.35 bits per heavy atom. The van der Waals surface area contributed by atoms with E-state index in [0.29, 0.717) is 6.42 Å². The number of nitrogens with two attached hydrogens (primary N) is 2. The Kier molecular flexibility index (Phi) is 4.88. The highest BCUT2D eigenvalue weighted by atomic mass is 16.5.